The van der Waals surface area contributed by atoms with Crippen molar-refractivity contribution in [2.45, 2.75) is 25.8 Å². The van der Waals surface area contributed by atoms with E-state index in [1.807, 2.05) is 23.1 Å². The molecule has 0 radical (unpaired) electrons. The van der Waals surface area contributed by atoms with E-state index in [-0.39, 0.29) is 17.7 Å². The van der Waals surface area contributed by atoms with Crippen molar-refractivity contribution in [3.63, 3.8) is 0 Å². The maximum atomic E-state index is 13.0. The minimum absolute atomic E-state index is 0.0171. The molecular weight excluding hydrogens is 338 g/mol. The SMILES string of the molecule is COc1ccc(OC)c([C@@H]2CCCN2C(=O)c2ccc(C(C)=O)s2)c1. The molecule has 1 amide bonds. The van der Waals surface area contributed by atoms with Crippen molar-refractivity contribution >= 4 is 23.0 Å². The number of ether oxygens (including phenoxy) is 2. The number of hydrogen-bond donors (Lipinski definition) is 0. The van der Waals surface area contributed by atoms with Crippen molar-refractivity contribution in [1.29, 1.82) is 0 Å². The molecule has 0 saturated carbocycles. The van der Waals surface area contributed by atoms with Crippen molar-refractivity contribution < 1.29 is 19.1 Å². The van der Waals surface area contributed by atoms with Gasteiger partial charge >= 0.3 is 0 Å². The van der Waals surface area contributed by atoms with Gasteiger partial charge in [-0.3, -0.25) is 9.59 Å². The molecule has 0 unspecified atom stereocenters. The first-order chi connectivity index (χ1) is 12.0. The fourth-order valence-electron chi connectivity index (χ4n) is 3.22. The Morgan fingerprint density at radius 2 is 1.88 bits per heavy atom. The molecule has 0 aliphatic carbocycles. The number of hydrogen-bond acceptors (Lipinski definition) is 5. The van der Waals surface area contributed by atoms with Crippen molar-refractivity contribution in [2.75, 3.05) is 20.8 Å². The normalized spacial score (nSPS) is 16.8. The predicted octanol–water partition coefficient (Wildman–Crippen LogP) is 3.95. The van der Waals surface area contributed by atoms with Gasteiger partial charge in [-0.2, -0.15) is 0 Å². The number of amides is 1. The van der Waals surface area contributed by atoms with E-state index in [4.69, 9.17) is 9.47 Å². The maximum Gasteiger partial charge on any atom is 0.264 e. The van der Waals surface area contributed by atoms with Gasteiger partial charge in [0.1, 0.15) is 11.5 Å². The summed E-state index contributed by atoms with van der Waals surface area (Å²) in [5.74, 6) is 1.44. The predicted molar refractivity (Wildman–Crippen MR) is 96.9 cm³/mol. The molecule has 0 spiro atoms. The largest absolute Gasteiger partial charge is 0.497 e. The Kier molecular flexibility index (Phi) is 5.08. The van der Waals surface area contributed by atoms with Crippen molar-refractivity contribution in [2.24, 2.45) is 0 Å². The van der Waals surface area contributed by atoms with Crippen LogP contribution in [-0.2, 0) is 0 Å². The van der Waals surface area contributed by atoms with Crippen LogP contribution in [0.5, 0.6) is 11.5 Å². The van der Waals surface area contributed by atoms with Gasteiger partial charge in [-0.15, -0.1) is 11.3 Å². The summed E-state index contributed by atoms with van der Waals surface area (Å²) in [6.07, 6.45) is 1.81. The molecule has 1 fully saturated rings. The number of thiophene rings is 1. The van der Waals surface area contributed by atoms with Crippen molar-refractivity contribution in [3.05, 3.63) is 45.6 Å². The van der Waals surface area contributed by atoms with Gasteiger partial charge in [0.25, 0.3) is 5.91 Å². The van der Waals surface area contributed by atoms with Crippen LogP contribution >= 0.6 is 11.3 Å². The van der Waals surface area contributed by atoms with Crippen molar-refractivity contribution in [1.82, 2.24) is 4.90 Å². The summed E-state index contributed by atoms with van der Waals surface area (Å²) in [6.45, 7) is 2.21. The van der Waals surface area contributed by atoms with Crippen LogP contribution in [0.15, 0.2) is 30.3 Å². The molecule has 25 heavy (non-hydrogen) atoms. The first-order valence-corrected chi connectivity index (χ1v) is 9.00. The Bertz CT molecular complexity index is 798. The molecule has 132 valence electrons. The van der Waals surface area contributed by atoms with Gasteiger partial charge in [0.2, 0.25) is 0 Å². The summed E-state index contributed by atoms with van der Waals surface area (Å²) >= 11 is 1.25. The molecule has 5 nitrogen and oxygen atoms in total. The van der Waals surface area contributed by atoms with E-state index in [9.17, 15) is 9.59 Å². The van der Waals surface area contributed by atoms with Gasteiger partial charge in [-0.1, -0.05) is 0 Å². The van der Waals surface area contributed by atoms with Crippen LogP contribution in [0.4, 0.5) is 0 Å². The second-order valence-electron chi connectivity index (χ2n) is 5.98. The molecule has 1 atom stereocenters. The maximum absolute atomic E-state index is 13.0. The number of benzene rings is 1. The Balaban J connectivity index is 1.92. The van der Waals surface area contributed by atoms with Crippen LogP contribution in [-0.4, -0.2) is 37.4 Å². The van der Waals surface area contributed by atoms with Gasteiger partial charge in [-0.05, 0) is 50.1 Å². The summed E-state index contributed by atoms with van der Waals surface area (Å²) in [4.78, 5) is 27.5. The Hall–Kier alpha value is -2.34. The van der Waals surface area contributed by atoms with E-state index >= 15 is 0 Å². The third-order valence-corrected chi connectivity index (χ3v) is 5.65. The van der Waals surface area contributed by atoms with E-state index < -0.39 is 0 Å². The zero-order chi connectivity index (χ0) is 18.0. The molecule has 6 heteroatoms. The topological polar surface area (TPSA) is 55.8 Å². The van der Waals surface area contributed by atoms with E-state index in [2.05, 4.69) is 0 Å². The number of carbonyl (C=O) groups is 2. The Morgan fingerprint density at radius 1 is 1.12 bits per heavy atom. The third kappa shape index (κ3) is 3.39. The van der Waals surface area contributed by atoms with E-state index in [0.29, 0.717) is 16.3 Å². The third-order valence-electron chi connectivity index (χ3n) is 4.47. The van der Waals surface area contributed by atoms with Crippen LogP contribution < -0.4 is 9.47 Å². The molecular formula is C19H21NO4S. The van der Waals surface area contributed by atoms with Crippen LogP contribution in [0.1, 0.15) is 50.7 Å². The molecule has 3 rings (SSSR count). The monoisotopic (exact) mass is 359 g/mol. The molecule has 0 bridgehead atoms. The Morgan fingerprint density at radius 3 is 2.52 bits per heavy atom. The first-order valence-electron chi connectivity index (χ1n) is 8.18. The summed E-state index contributed by atoms with van der Waals surface area (Å²) < 4.78 is 10.8. The highest BCUT2D eigenvalue weighted by Gasteiger charge is 2.33. The van der Waals surface area contributed by atoms with E-state index in [0.717, 1.165) is 29.9 Å². The van der Waals surface area contributed by atoms with Crippen LogP contribution in [0.2, 0.25) is 0 Å². The highest BCUT2D eigenvalue weighted by atomic mass is 32.1. The second kappa shape index (κ2) is 7.27. The average Bonchev–Trinajstić information content (AvgIpc) is 3.30. The quantitative estimate of drug-likeness (QED) is 0.759. The number of carbonyl (C=O) groups excluding carboxylic acids is 2. The first kappa shape index (κ1) is 17.5. The summed E-state index contributed by atoms with van der Waals surface area (Å²) in [6, 6.07) is 9.06. The van der Waals surface area contributed by atoms with Gasteiger partial charge in [0, 0.05) is 12.1 Å². The van der Waals surface area contributed by atoms with Crippen LogP contribution in [0.3, 0.4) is 0 Å². The van der Waals surface area contributed by atoms with E-state index in [1.165, 1.54) is 18.3 Å². The molecule has 1 saturated heterocycles. The van der Waals surface area contributed by atoms with Crippen molar-refractivity contribution in [3.8, 4) is 11.5 Å². The minimum Gasteiger partial charge on any atom is -0.497 e. The number of ketones is 1. The fourth-order valence-corrected chi connectivity index (χ4v) is 4.07. The number of rotatable bonds is 5. The van der Waals surface area contributed by atoms with Gasteiger partial charge < -0.3 is 14.4 Å². The molecule has 2 heterocycles. The smallest absolute Gasteiger partial charge is 0.264 e. The standard InChI is InChI=1S/C19H21NO4S/c1-12(21)17-8-9-18(25-17)19(22)20-10-4-5-15(20)14-11-13(23-2)6-7-16(14)24-3/h6-9,11,15H,4-5,10H2,1-3H3/t15-/m0/s1. The zero-order valence-corrected chi connectivity index (χ0v) is 15.4. The van der Waals surface area contributed by atoms with Crippen LogP contribution in [0, 0.1) is 0 Å². The highest BCUT2D eigenvalue weighted by molar-refractivity contribution is 7.15. The van der Waals surface area contributed by atoms with Crippen LogP contribution in [0.25, 0.3) is 0 Å². The van der Waals surface area contributed by atoms with Gasteiger partial charge in [0.05, 0.1) is 30.0 Å². The fraction of sp³-hybridized carbons (Fsp3) is 0.368. The molecule has 1 aromatic carbocycles. The second-order valence-corrected chi connectivity index (χ2v) is 7.07. The lowest BCUT2D eigenvalue weighted by Gasteiger charge is -2.26. The van der Waals surface area contributed by atoms with E-state index in [1.54, 1.807) is 26.4 Å². The molecule has 1 aliphatic rings. The number of nitrogens with zero attached hydrogens (tertiary/aromatic N) is 1. The average molecular weight is 359 g/mol. The molecule has 1 aliphatic heterocycles. The lowest BCUT2D eigenvalue weighted by Crippen LogP contribution is -2.30. The summed E-state index contributed by atoms with van der Waals surface area (Å²) in [7, 11) is 3.25. The number of Topliss-reactive ketones (excluding diaryl/α,β-unsaturated/α-hetero) is 1. The lowest BCUT2D eigenvalue weighted by atomic mass is 10.0. The molecule has 2 aromatic rings. The highest BCUT2D eigenvalue weighted by Crippen LogP contribution is 2.40. The molecule has 0 N–H and O–H groups in total. The molecule has 1 aromatic heterocycles. The summed E-state index contributed by atoms with van der Waals surface area (Å²) in [5, 5.41) is 0. The minimum atomic E-state index is -0.0552. The number of methoxy groups -OCH3 is 2. The lowest BCUT2D eigenvalue weighted by molar-refractivity contribution is 0.0739. The zero-order valence-electron chi connectivity index (χ0n) is 14.6. The Labute approximate surface area is 151 Å². The number of likely N-dealkylation sites (tertiary alicyclic amines) is 1. The summed E-state index contributed by atoms with van der Waals surface area (Å²) in [5.41, 5.74) is 0.955. The van der Waals surface area contributed by atoms with Gasteiger partial charge in [-0.25, -0.2) is 0 Å². The van der Waals surface area contributed by atoms with Gasteiger partial charge in [0.15, 0.2) is 5.78 Å².